The van der Waals surface area contributed by atoms with Crippen LogP contribution in [0.5, 0.6) is 5.75 Å². The van der Waals surface area contributed by atoms with Crippen LogP contribution < -0.4 is 9.80 Å². The van der Waals surface area contributed by atoms with E-state index in [1.54, 1.807) is 12.1 Å². The van der Waals surface area contributed by atoms with E-state index in [2.05, 4.69) is 9.80 Å². The van der Waals surface area contributed by atoms with Crippen molar-refractivity contribution in [3.05, 3.63) is 54.1 Å². The van der Waals surface area contributed by atoms with Crippen molar-refractivity contribution in [3.8, 4) is 5.75 Å². The molecule has 0 radical (unpaired) electrons. The molecule has 2 aromatic carbocycles. The maximum atomic E-state index is 13.0. The van der Waals surface area contributed by atoms with Crippen LogP contribution in [0.3, 0.4) is 0 Å². The number of nitrogens with zero attached hydrogens (tertiary/aromatic N) is 3. The van der Waals surface area contributed by atoms with Gasteiger partial charge in [-0.25, -0.2) is 0 Å². The second-order valence-corrected chi connectivity index (χ2v) is 7.80. The van der Waals surface area contributed by atoms with Gasteiger partial charge in [-0.05, 0) is 49.2 Å². The summed E-state index contributed by atoms with van der Waals surface area (Å²) < 4.78 is 0. The number of hydrogen-bond donors (Lipinski definition) is 1. The SMILES string of the molecule is O=Cc1ccc(N2CCC(C(=O)N3CCN(c4cccc(O)c4)CC3)CC2)cc1. The molecule has 2 aliphatic heterocycles. The number of carbonyl (C=O) groups excluding carboxylic acids is 2. The lowest BCUT2D eigenvalue weighted by Crippen LogP contribution is -2.51. The first-order valence-corrected chi connectivity index (χ1v) is 10.3. The van der Waals surface area contributed by atoms with Crippen molar-refractivity contribution in [1.82, 2.24) is 4.90 Å². The van der Waals surface area contributed by atoms with Gasteiger partial charge in [-0.2, -0.15) is 0 Å². The van der Waals surface area contributed by atoms with Gasteiger partial charge < -0.3 is 19.8 Å². The van der Waals surface area contributed by atoms with Crippen LogP contribution in [-0.2, 0) is 4.79 Å². The zero-order valence-electron chi connectivity index (χ0n) is 16.5. The zero-order chi connectivity index (χ0) is 20.2. The number of aldehydes is 1. The second-order valence-electron chi connectivity index (χ2n) is 7.80. The monoisotopic (exact) mass is 393 g/mol. The molecule has 2 saturated heterocycles. The van der Waals surface area contributed by atoms with Gasteiger partial charge in [0, 0.05) is 68.2 Å². The van der Waals surface area contributed by atoms with E-state index in [-0.39, 0.29) is 17.6 Å². The van der Waals surface area contributed by atoms with Gasteiger partial charge in [0.25, 0.3) is 0 Å². The minimum absolute atomic E-state index is 0.0906. The number of piperidine rings is 1. The molecule has 0 atom stereocenters. The van der Waals surface area contributed by atoms with E-state index in [4.69, 9.17) is 0 Å². The van der Waals surface area contributed by atoms with E-state index in [1.165, 1.54) is 0 Å². The lowest BCUT2D eigenvalue weighted by molar-refractivity contribution is -0.136. The van der Waals surface area contributed by atoms with Gasteiger partial charge in [-0.1, -0.05) is 6.07 Å². The third-order valence-corrected chi connectivity index (χ3v) is 6.02. The van der Waals surface area contributed by atoms with Crippen molar-refractivity contribution in [2.45, 2.75) is 12.8 Å². The van der Waals surface area contributed by atoms with Crippen LogP contribution in [0.2, 0.25) is 0 Å². The Morgan fingerprint density at radius 2 is 1.52 bits per heavy atom. The van der Waals surface area contributed by atoms with Crippen LogP contribution in [0.4, 0.5) is 11.4 Å². The lowest BCUT2D eigenvalue weighted by atomic mass is 9.94. The molecule has 0 unspecified atom stereocenters. The van der Waals surface area contributed by atoms with Gasteiger partial charge in [0.2, 0.25) is 5.91 Å². The normalized spacial score (nSPS) is 18.0. The number of piperazine rings is 1. The Bertz CT molecular complexity index is 852. The zero-order valence-corrected chi connectivity index (χ0v) is 16.5. The second kappa shape index (κ2) is 8.55. The molecular weight excluding hydrogens is 366 g/mol. The van der Waals surface area contributed by atoms with Gasteiger partial charge in [-0.3, -0.25) is 9.59 Å². The molecule has 6 heteroatoms. The summed E-state index contributed by atoms with van der Waals surface area (Å²) in [4.78, 5) is 30.3. The van der Waals surface area contributed by atoms with Crippen molar-refractivity contribution in [2.75, 3.05) is 49.1 Å². The molecule has 2 aromatic rings. The van der Waals surface area contributed by atoms with Crippen LogP contribution in [0.25, 0.3) is 0 Å². The predicted octanol–water partition coefficient (Wildman–Crippen LogP) is 2.77. The number of benzene rings is 2. The summed E-state index contributed by atoms with van der Waals surface area (Å²) in [5.74, 6) is 0.637. The van der Waals surface area contributed by atoms with Gasteiger partial charge in [0.05, 0.1) is 0 Å². The molecule has 2 heterocycles. The van der Waals surface area contributed by atoms with Gasteiger partial charge in [-0.15, -0.1) is 0 Å². The molecule has 2 fully saturated rings. The molecule has 0 saturated carbocycles. The van der Waals surface area contributed by atoms with Crippen molar-refractivity contribution in [2.24, 2.45) is 5.92 Å². The number of hydrogen-bond acceptors (Lipinski definition) is 5. The van der Waals surface area contributed by atoms with Gasteiger partial charge >= 0.3 is 0 Å². The number of carbonyl (C=O) groups is 2. The third-order valence-electron chi connectivity index (χ3n) is 6.02. The van der Waals surface area contributed by atoms with Crippen LogP contribution >= 0.6 is 0 Å². The fourth-order valence-corrected chi connectivity index (χ4v) is 4.28. The number of phenolic OH excluding ortho intramolecular Hbond substituents is 1. The summed E-state index contributed by atoms with van der Waals surface area (Å²) in [6, 6.07) is 14.9. The van der Waals surface area contributed by atoms with Crippen LogP contribution in [0.15, 0.2) is 48.5 Å². The highest BCUT2D eigenvalue weighted by atomic mass is 16.3. The summed E-state index contributed by atoms with van der Waals surface area (Å²) >= 11 is 0. The molecule has 1 N–H and O–H groups in total. The maximum absolute atomic E-state index is 13.0. The van der Waals surface area contributed by atoms with Gasteiger partial charge in [0.1, 0.15) is 12.0 Å². The first-order valence-electron chi connectivity index (χ1n) is 10.3. The highest BCUT2D eigenvalue weighted by molar-refractivity contribution is 5.80. The molecule has 0 bridgehead atoms. The fourth-order valence-electron chi connectivity index (χ4n) is 4.28. The van der Waals surface area contributed by atoms with Crippen LogP contribution in [0.1, 0.15) is 23.2 Å². The summed E-state index contributed by atoms with van der Waals surface area (Å²) in [5.41, 5.74) is 2.80. The molecule has 0 aliphatic carbocycles. The minimum atomic E-state index is 0.0906. The Kier molecular flexibility index (Phi) is 5.69. The maximum Gasteiger partial charge on any atom is 0.225 e. The fraction of sp³-hybridized carbons (Fsp3) is 0.391. The Morgan fingerprint density at radius 3 is 2.14 bits per heavy atom. The smallest absolute Gasteiger partial charge is 0.225 e. The number of phenols is 1. The largest absolute Gasteiger partial charge is 0.508 e. The predicted molar refractivity (Wildman–Crippen MR) is 114 cm³/mol. The Labute approximate surface area is 171 Å². The van der Waals surface area contributed by atoms with E-state index in [0.717, 1.165) is 69.8 Å². The summed E-state index contributed by atoms with van der Waals surface area (Å²) in [6.45, 7) is 4.75. The Morgan fingerprint density at radius 1 is 0.862 bits per heavy atom. The minimum Gasteiger partial charge on any atom is -0.508 e. The first kappa shape index (κ1) is 19.3. The molecule has 2 aliphatic rings. The van der Waals surface area contributed by atoms with Crippen LogP contribution in [0, 0.1) is 5.92 Å². The molecular formula is C23H27N3O3. The molecule has 152 valence electrons. The van der Waals surface area contributed by atoms with Gasteiger partial charge in [0.15, 0.2) is 0 Å². The highest BCUT2D eigenvalue weighted by Gasteiger charge is 2.30. The molecule has 0 aromatic heterocycles. The molecule has 1 amide bonds. The summed E-state index contributed by atoms with van der Waals surface area (Å²) in [6.07, 6.45) is 2.58. The number of rotatable bonds is 4. The average Bonchev–Trinajstić information content (AvgIpc) is 2.79. The van der Waals surface area contributed by atoms with Crippen molar-refractivity contribution in [3.63, 3.8) is 0 Å². The quantitative estimate of drug-likeness (QED) is 0.810. The van der Waals surface area contributed by atoms with Crippen molar-refractivity contribution in [1.29, 1.82) is 0 Å². The van der Waals surface area contributed by atoms with E-state index < -0.39 is 0 Å². The Balaban J connectivity index is 1.28. The van der Waals surface area contributed by atoms with Crippen molar-refractivity contribution >= 4 is 23.6 Å². The highest BCUT2D eigenvalue weighted by Crippen LogP contribution is 2.26. The number of anilines is 2. The molecule has 0 spiro atoms. The summed E-state index contributed by atoms with van der Waals surface area (Å²) in [5, 5.41) is 9.67. The molecule has 6 nitrogen and oxygen atoms in total. The first-order chi connectivity index (χ1) is 14.1. The van der Waals surface area contributed by atoms with E-state index in [0.29, 0.717) is 5.56 Å². The van der Waals surface area contributed by atoms with Crippen molar-refractivity contribution < 1.29 is 14.7 Å². The van der Waals surface area contributed by atoms with Crippen LogP contribution in [-0.4, -0.2) is 61.5 Å². The van der Waals surface area contributed by atoms with E-state index in [9.17, 15) is 14.7 Å². The van der Waals surface area contributed by atoms with E-state index >= 15 is 0 Å². The van der Waals surface area contributed by atoms with E-state index in [1.807, 2.05) is 41.3 Å². The molecule has 4 rings (SSSR count). The Hall–Kier alpha value is -3.02. The topological polar surface area (TPSA) is 64.1 Å². The third kappa shape index (κ3) is 4.36. The standard InChI is InChI=1S/C23H27N3O3/c27-17-18-4-6-20(7-5-18)24-10-8-19(9-11-24)23(29)26-14-12-25(13-15-26)21-2-1-3-22(28)16-21/h1-7,16-17,19,28H,8-15H2. The number of aromatic hydroxyl groups is 1. The lowest BCUT2D eigenvalue weighted by Gasteiger charge is -2.39. The average molecular weight is 393 g/mol. The number of amides is 1. The molecule has 29 heavy (non-hydrogen) atoms. The summed E-state index contributed by atoms with van der Waals surface area (Å²) in [7, 11) is 0.